The van der Waals surface area contributed by atoms with E-state index in [1.54, 1.807) is 0 Å². The predicted octanol–water partition coefficient (Wildman–Crippen LogP) is 4.89. The van der Waals surface area contributed by atoms with Gasteiger partial charge in [0, 0.05) is 41.4 Å². The van der Waals surface area contributed by atoms with Gasteiger partial charge in [-0.3, -0.25) is 9.88 Å². The van der Waals surface area contributed by atoms with Crippen LogP contribution in [-0.2, 0) is 22.6 Å². The number of carboxylic acids is 2. The number of aliphatic carboxylic acids is 2. The van der Waals surface area contributed by atoms with Crippen LogP contribution in [0.2, 0.25) is 0 Å². The van der Waals surface area contributed by atoms with Crippen molar-refractivity contribution in [1.82, 2.24) is 9.88 Å². The highest BCUT2D eigenvalue weighted by Crippen LogP contribution is 2.30. The zero-order valence-electron chi connectivity index (χ0n) is 18.9. The first-order valence-electron chi connectivity index (χ1n) is 11.2. The Morgan fingerprint density at radius 2 is 1.58 bits per heavy atom. The van der Waals surface area contributed by atoms with Gasteiger partial charge in [0.05, 0.1) is 0 Å². The smallest absolute Gasteiger partial charge is 0.328 e. The molecule has 1 aliphatic heterocycles. The Hall–Kier alpha value is -3.51. The molecule has 6 heteroatoms. The maximum absolute atomic E-state index is 9.55. The summed E-state index contributed by atoms with van der Waals surface area (Å²) in [6.45, 7) is 5.60. The van der Waals surface area contributed by atoms with Crippen molar-refractivity contribution < 1.29 is 19.8 Å². The molecule has 0 bridgehead atoms. The van der Waals surface area contributed by atoms with E-state index in [0.29, 0.717) is 18.1 Å². The molecular weight excluding hydrogens is 416 g/mol. The van der Waals surface area contributed by atoms with E-state index in [1.807, 2.05) is 0 Å². The van der Waals surface area contributed by atoms with Crippen LogP contribution in [0.15, 0.2) is 72.8 Å². The summed E-state index contributed by atoms with van der Waals surface area (Å²) in [6, 6.07) is 21.8. The van der Waals surface area contributed by atoms with Gasteiger partial charge < -0.3 is 10.2 Å². The number of likely N-dealkylation sites (tertiary alicyclic amines) is 1. The van der Waals surface area contributed by atoms with E-state index >= 15 is 0 Å². The van der Waals surface area contributed by atoms with Crippen LogP contribution in [0.5, 0.6) is 0 Å². The number of carboxylic acid groups (broad SMARTS) is 2. The molecule has 0 aliphatic carbocycles. The third-order valence-electron chi connectivity index (χ3n) is 5.80. The van der Waals surface area contributed by atoms with E-state index in [2.05, 4.69) is 72.5 Å². The lowest BCUT2D eigenvalue weighted by atomic mass is 9.91. The van der Waals surface area contributed by atoms with Crippen LogP contribution in [0.1, 0.15) is 42.6 Å². The van der Waals surface area contributed by atoms with Crippen molar-refractivity contribution in [2.75, 3.05) is 13.1 Å². The van der Waals surface area contributed by atoms with Crippen molar-refractivity contribution >= 4 is 22.7 Å². The standard InChI is InChI=1S/C23H26N2.C4H4O4/c1-2-22-21-11-7-6-10-20(21)16-23(24-22)19-12-14-25(15-13-19)17-18-8-4-3-5-9-18;5-3(6)1-2-4(7)8/h3-11,16,19H,2,12-15,17H2,1H3;1-2H,(H,5,6)(H,7,8)/b;2-1-. The SMILES string of the molecule is CCc1nc(C2CCN(Cc3ccccc3)CC2)cc2ccccc12.O=C(O)/C=C\C(=O)O. The summed E-state index contributed by atoms with van der Waals surface area (Å²) in [5, 5.41) is 18.3. The van der Waals surface area contributed by atoms with Gasteiger partial charge in [-0.1, -0.05) is 61.5 Å². The molecule has 1 saturated heterocycles. The first kappa shape index (κ1) is 24.1. The number of hydrogen-bond donors (Lipinski definition) is 2. The molecule has 1 aromatic heterocycles. The first-order valence-corrected chi connectivity index (χ1v) is 11.2. The van der Waals surface area contributed by atoms with Gasteiger partial charge in [0.2, 0.25) is 0 Å². The maximum atomic E-state index is 9.55. The van der Waals surface area contributed by atoms with Gasteiger partial charge in [0.25, 0.3) is 0 Å². The molecule has 2 N–H and O–H groups in total. The summed E-state index contributed by atoms with van der Waals surface area (Å²) in [4.78, 5) is 26.7. The molecule has 1 aliphatic rings. The molecule has 4 rings (SSSR count). The van der Waals surface area contributed by atoms with Crippen LogP contribution in [0.3, 0.4) is 0 Å². The summed E-state index contributed by atoms with van der Waals surface area (Å²) in [7, 11) is 0. The molecule has 0 amide bonds. The van der Waals surface area contributed by atoms with Crippen LogP contribution < -0.4 is 0 Å². The van der Waals surface area contributed by atoms with Gasteiger partial charge in [-0.15, -0.1) is 0 Å². The lowest BCUT2D eigenvalue weighted by Gasteiger charge is -2.32. The van der Waals surface area contributed by atoms with E-state index in [-0.39, 0.29) is 0 Å². The fourth-order valence-corrected chi connectivity index (χ4v) is 4.14. The molecule has 6 nitrogen and oxygen atoms in total. The molecule has 0 unspecified atom stereocenters. The van der Waals surface area contributed by atoms with Gasteiger partial charge >= 0.3 is 11.9 Å². The molecule has 0 radical (unpaired) electrons. The highest BCUT2D eigenvalue weighted by molar-refractivity contribution is 5.89. The average Bonchev–Trinajstić information content (AvgIpc) is 2.83. The Morgan fingerprint density at radius 3 is 2.18 bits per heavy atom. The van der Waals surface area contributed by atoms with Gasteiger partial charge in [-0.2, -0.15) is 0 Å². The van der Waals surface area contributed by atoms with Crippen molar-refractivity contribution in [3.63, 3.8) is 0 Å². The predicted molar refractivity (Wildman–Crippen MR) is 129 cm³/mol. The largest absolute Gasteiger partial charge is 0.478 e. The Bertz CT molecular complexity index is 1090. The summed E-state index contributed by atoms with van der Waals surface area (Å²) in [6.07, 6.45) is 4.54. The Morgan fingerprint density at radius 1 is 0.970 bits per heavy atom. The molecule has 172 valence electrons. The van der Waals surface area contributed by atoms with Crippen LogP contribution in [0, 0.1) is 0 Å². The number of nitrogens with zero attached hydrogens (tertiary/aromatic N) is 2. The van der Waals surface area contributed by atoms with Gasteiger partial charge in [0.1, 0.15) is 0 Å². The molecule has 0 spiro atoms. The van der Waals surface area contributed by atoms with Crippen LogP contribution >= 0.6 is 0 Å². The molecule has 33 heavy (non-hydrogen) atoms. The summed E-state index contributed by atoms with van der Waals surface area (Å²) in [5.74, 6) is -1.92. The molecular formula is C27H30N2O4. The molecule has 2 aromatic carbocycles. The molecule has 3 aromatic rings. The second kappa shape index (κ2) is 11.9. The van der Waals surface area contributed by atoms with E-state index in [1.165, 1.54) is 40.6 Å². The fourth-order valence-electron chi connectivity index (χ4n) is 4.14. The second-order valence-corrected chi connectivity index (χ2v) is 8.11. The number of piperidine rings is 1. The molecule has 0 saturated carbocycles. The number of carbonyl (C=O) groups is 2. The topological polar surface area (TPSA) is 90.7 Å². The zero-order valence-corrected chi connectivity index (χ0v) is 18.9. The molecule has 1 fully saturated rings. The zero-order chi connectivity index (χ0) is 23.6. The highest BCUT2D eigenvalue weighted by Gasteiger charge is 2.22. The van der Waals surface area contributed by atoms with E-state index in [9.17, 15) is 9.59 Å². The van der Waals surface area contributed by atoms with Gasteiger partial charge in [0.15, 0.2) is 0 Å². The maximum Gasteiger partial charge on any atom is 0.328 e. The fraction of sp³-hybridized carbons (Fsp3) is 0.296. The number of hydrogen-bond acceptors (Lipinski definition) is 4. The molecule has 2 heterocycles. The monoisotopic (exact) mass is 446 g/mol. The van der Waals surface area contributed by atoms with Gasteiger partial charge in [-0.05, 0) is 49.4 Å². The van der Waals surface area contributed by atoms with Crippen molar-refractivity contribution in [1.29, 1.82) is 0 Å². The first-order chi connectivity index (χ1) is 16.0. The quantitative estimate of drug-likeness (QED) is 0.524. The van der Waals surface area contributed by atoms with Crippen LogP contribution in [0.25, 0.3) is 10.8 Å². The summed E-state index contributed by atoms with van der Waals surface area (Å²) < 4.78 is 0. The van der Waals surface area contributed by atoms with E-state index in [4.69, 9.17) is 15.2 Å². The van der Waals surface area contributed by atoms with Crippen LogP contribution in [-0.4, -0.2) is 45.1 Å². The lowest BCUT2D eigenvalue weighted by molar-refractivity contribution is -0.134. The normalized spacial score (nSPS) is 14.7. The Labute approximate surface area is 194 Å². The number of pyridine rings is 1. The Kier molecular flexibility index (Phi) is 8.72. The van der Waals surface area contributed by atoms with E-state index in [0.717, 1.165) is 26.1 Å². The average molecular weight is 447 g/mol. The second-order valence-electron chi connectivity index (χ2n) is 8.11. The van der Waals surface area contributed by atoms with Crippen molar-refractivity contribution in [2.45, 2.75) is 38.6 Å². The van der Waals surface area contributed by atoms with Crippen molar-refractivity contribution in [3.05, 3.63) is 89.8 Å². The minimum Gasteiger partial charge on any atom is -0.478 e. The number of benzene rings is 2. The lowest BCUT2D eigenvalue weighted by Crippen LogP contribution is -2.32. The van der Waals surface area contributed by atoms with Crippen molar-refractivity contribution in [2.24, 2.45) is 0 Å². The Balaban J connectivity index is 0.000000331. The summed E-state index contributed by atoms with van der Waals surface area (Å²) >= 11 is 0. The number of aryl methyl sites for hydroxylation is 1. The van der Waals surface area contributed by atoms with Crippen LogP contribution in [0.4, 0.5) is 0 Å². The van der Waals surface area contributed by atoms with Gasteiger partial charge in [-0.25, -0.2) is 9.59 Å². The van der Waals surface area contributed by atoms with Crippen molar-refractivity contribution in [3.8, 4) is 0 Å². The third-order valence-corrected chi connectivity index (χ3v) is 5.80. The molecule has 0 atom stereocenters. The number of rotatable bonds is 6. The third kappa shape index (κ3) is 7.26. The number of aromatic nitrogens is 1. The van der Waals surface area contributed by atoms with E-state index < -0.39 is 11.9 Å². The highest BCUT2D eigenvalue weighted by atomic mass is 16.4. The summed E-state index contributed by atoms with van der Waals surface area (Å²) in [5.41, 5.74) is 3.97. The number of fused-ring (bicyclic) bond motifs is 1. The minimum atomic E-state index is -1.26. The minimum absolute atomic E-state index is 0.558.